The van der Waals surface area contributed by atoms with E-state index in [0.717, 1.165) is 38.1 Å². The van der Waals surface area contributed by atoms with Crippen LogP contribution in [0.3, 0.4) is 0 Å². The van der Waals surface area contributed by atoms with Gasteiger partial charge in [-0.25, -0.2) is 4.39 Å². The predicted octanol–water partition coefficient (Wildman–Crippen LogP) is 3.56. The Hall–Kier alpha value is -0.640. The van der Waals surface area contributed by atoms with Crippen LogP contribution in [-0.2, 0) is 4.74 Å². The smallest absolute Gasteiger partial charge is 0.124 e. The molecule has 0 bridgehead atoms. The molecule has 1 aromatic carbocycles. The van der Waals surface area contributed by atoms with Gasteiger partial charge in [-0.05, 0) is 37.1 Å². The maximum Gasteiger partial charge on any atom is 0.124 e. The minimum Gasteiger partial charge on any atom is -0.373 e. The fourth-order valence-electron chi connectivity index (χ4n) is 2.46. The Balaban J connectivity index is 2.16. The Morgan fingerprint density at radius 2 is 2.33 bits per heavy atom. The average molecular weight is 272 g/mol. The van der Waals surface area contributed by atoms with E-state index < -0.39 is 0 Å². The molecule has 0 aromatic heterocycles. The first-order valence-corrected chi connectivity index (χ1v) is 6.87. The normalized spacial score (nSPS) is 24.2. The van der Waals surface area contributed by atoms with Crippen molar-refractivity contribution >= 4 is 11.6 Å². The largest absolute Gasteiger partial charge is 0.373 e. The van der Waals surface area contributed by atoms with Crippen molar-refractivity contribution in [2.45, 2.75) is 25.9 Å². The van der Waals surface area contributed by atoms with Crippen LogP contribution in [-0.4, -0.2) is 19.7 Å². The third kappa shape index (κ3) is 3.22. The summed E-state index contributed by atoms with van der Waals surface area (Å²) < 4.78 is 18.9. The molecule has 1 saturated heterocycles. The van der Waals surface area contributed by atoms with E-state index in [-0.39, 0.29) is 11.9 Å². The molecule has 2 atom stereocenters. The topological polar surface area (TPSA) is 21.3 Å². The summed E-state index contributed by atoms with van der Waals surface area (Å²) in [5.41, 5.74) is 0.903. The van der Waals surface area contributed by atoms with Gasteiger partial charge in [-0.2, -0.15) is 0 Å². The van der Waals surface area contributed by atoms with Crippen molar-refractivity contribution in [2.24, 2.45) is 5.92 Å². The fourth-order valence-corrected chi connectivity index (χ4v) is 2.73. The molecule has 1 N–H and O–H groups in total. The minimum atomic E-state index is -0.303. The Labute approximate surface area is 112 Å². The highest BCUT2D eigenvalue weighted by Gasteiger charge is 2.28. The van der Waals surface area contributed by atoms with Gasteiger partial charge in [0.1, 0.15) is 5.82 Å². The number of benzene rings is 1. The van der Waals surface area contributed by atoms with Crippen molar-refractivity contribution in [3.63, 3.8) is 0 Å². The van der Waals surface area contributed by atoms with E-state index in [0.29, 0.717) is 10.9 Å². The van der Waals surface area contributed by atoms with E-state index in [1.54, 1.807) is 6.07 Å². The molecule has 2 unspecified atom stereocenters. The molecule has 0 saturated carbocycles. The number of hydrogen-bond donors (Lipinski definition) is 1. The summed E-state index contributed by atoms with van der Waals surface area (Å²) in [7, 11) is 0. The summed E-state index contributed by atoms with van der Waals surface area (Å²) in [6, 6.07) is 4.55. The highest BCUT2D eigenvalue weighted by atomic mass is 35.5. The van der Waals surface area contributed by atoms with E-state index in [1.807, 2.05) is 0 Å². The standard InChI is InChI=1S/C14H19ClFNO/c1-2-17-9-10-4-3-7-18-14(10)12-6-5-11(16)8-13(12)15/h5-6,8,10,14,17H,2-4,7,9H2,1H3. The molecule has 1 aromatic rings. The third-order valence-electron chi connectivity index (χ3n) is 3.37. The first kappa shape index (κ1) is 13.8. The quantitative estimate of drug-likeness (QED) is 0.904. The average Bonchev–Trinajstić information content (AvgIpc) is 2.37. The Bertz CT molecular complexity index is 399. The number of rotatable bonds is 4. The first-order chi connectivity index (χ1) is 8.72. The van der Waals surface area contributed by atoms with Crippen LogP contribution < -0.4 is 5.32 Å². The van der Waals surface area contributed by atoms with Crippen LogP contribution in [0.25, 0.3) is 0 Å². The molecule has 18 heavy (non-hydrogen) atoms. The molecular formula is C14H19ClFNO. The fraction of sp³-hybridized carbons (Fsp3) is 0.571. The van der Waals surface area contributed by atoms with Crippen LogP contribution in [0.5, 0.6) is 0 Å². The highest BCUT2D eigenvalue weighted by molar-refractivity contribution is 6.31. The molecule has 2 nitrogen and oxygen atoms in total. The number of ether oxygens (including phenoxy) is 1. The second-order valence-electron chi connectivity index (χ2n) is 4.67. The lowest BCUT2D eigenvalue weighted by Gasteiger charge is -2.32. The van der Waals surface area contributed by atoms with Crippen molar-refractivity contribution in [1.29, 1.82) is 0 Å². The first-order valence-electron chi connectivity index (χ1n) is 6.49. The van der Waals surface area contributed by atoms with Gasteiger partial charge in [0.05, 0.1) is 6.10 Å². The zero-order valence-electron chi connectivity index (χ0n) is 10.6. The summed E-state index contributed by atoms with van der Waals surface area (Å²) in [6.07, 6.45) is 2.17. The molecule has 100 valence electrons. The van der Waals surface area contributed by atoms with E-state index >= 15 is 0 Å². The van der Waals surface area contributed by atoms with Crippen LogP contribution in [0.1, 0.15) is 31.4 Å². The molecule has 1 aliphatic heterocycles. The predicted molar refractivity (Wildman–Crippen MR) is 71.4 cm³/mol. The van der Waals surface area contributed by atoms with E-state index in [4.69, 9.17) is 16.3 Å². The van der Waals surface area contributed by atoms with Gasteiger partial charge in [-0.15, -0.1) is 0 Å². The third-order valence-corrected chi connectivity index (χ3v) is 3.70. The molecule has 1 fully saturated rings. The molecule has 4 heteroatoms. The molecule has 1 heterocycles. The van der Waals surface area contributed by atoms with Crippen molar-refractivity contribution in [2.75, 3.05) is 19.7 Å². The van der Waals surface area contributed by atoms with Crippen LogP contribution in [0, 0.1) is 11.7 Å². The minimum absolute atomic E-state index is 0.0223. The lowest BCUT2D eigenvalue weighted by atomic mass is 9.89. The Kier molecular flexibility index (Phi) is 4.98. The number of halogens is 2. The molecule has 0 amide bonds. The summed E-state index contributed by atoms with van der Waals surface area (Å²) in [5.74, 6) is 0.101. The Morgan fingerprint density at radius 3 is 3.06 bits per heavy atom. The van der Waals surface area contributed by atoms with Gasteiger partial charge in [-0.1, -0.05) is 24.6 Å². The van der Waals surface area contributed by atoms with Crippen molar-refractivity contribution in [1.82, 2.24) is 5.32 Å². The van der Waals surface area contributed by atoms with Gasteiger partial charge in [0.15, 0.2) is 0 Å². The summed E-state index contributed by atoms with van der Waals surface area (Å²) in [4.78, 5) is 0. The number of nitrogens with one attached hydrogen (secondary N) is 1. The van der Waals surface area contributed by atoms with E-state index in [2.05, 4.69) is 12.2 Å². The second kappa shape index (κ2) is 6.50. The van der Waals surface area contributed by atoms with Gasteiger partial charge >= 0.3 is 0 Å². The summed E-state index contributed by atoms with van der Waals surface area (Å²) in [6.45, 7) is 4.69. The number of hydrogen-bond acceptors (Lipinski definition) is 2. The maximum absolute atomic E-state index is 13.1. The molecule has 0 radical (unpaired) electrons. The van der Waals surface area contributed by atoms with Crippen LogP contribution >= 0.6 is 11.6 Å². The molecule has 0 spiro atoms. The second-order valence-corrected chi connectivity index (χ2v) is 5.07. The van der Waals surface area contributed by atoms with E-state index in [9.17, 15) is 4.39 Å². The van der Waals surface area contributed by atoms with Crippen LogP contribution in [0.2, 0.25) is 5.02 Å². The SMILES string of the molecule is CCNCC1CCCOC1c1ccc(F)cc1Cl. The summed E-state index contributed by atoms with van der Waals surface area (Å²) in [5, 5.41) is 3.81. The zero-order valence-corrected chi connectivity index (χ0v) is 11.3. The van der Waals surface area contributed by atoms with Gasteiger partial charge in [0, 0.05) is 24.1 Å². The van der Waals surface area contributed by atoms with Gasteiger partial charge < -0.3 is 10.1 Å². The monoisotopic (exact) mass is 271 g/mol. The van der Waals surface area contributed by atoms with Crippen molar-refractivity contribution < 1.29 is 9.13 Å². The van der Waals surface area contributed by atoms with Crippen LogP contribution in [0.15, 0.2) is 18.2 Å². The van der Waals surface area contributed by atoms with Gasteiger partial charge in [-0.3, -0.25) is 0 Å². The van der Waals surface area contributed by atoms with Crippen molar-refractivity contribution in [3.8, 4) is 0 Å². The van der Waals surface area contributed by atoms with E-state index in [1.165, 1.54) is 12.1 Å². The highest BCUT2D eigenvalue weighted by Crippen LogP contribution is 2.36. The molecule has 2 rings (SSSR count). The van der Waals surface area contributed by atoms with Crippen molar-refractivity contribution in [3.05, 3.63) is 34.6 Å². The molecule has 0 aliphatic carbocycles. The van der Waals surface area contributed by atoms with Crippen LogP contribution in [0.4, 0.5) is 4.39 Å². The zero-order chi connectivity index (χ0) is 13.0. The van der Waals surface area contributed by atoms with Gasteiger partial charge in [0.25, 0.3) is 0 Å². The molecular weight excluding hydrogens is 253 g/mol. The molecule has 1 aliphatic rings. The van der Waals surface area contributed by atoms with Gasteiger partial charge in [0.2, 0.25) is 0 Å². The lowest BCUT2D eigenvalue weighted by Crippen LogP contribution is -2.32. The summed E-state index contributed by atoms with van der Waals surface area (Å²) >= 11 is 6.12. The maximum atomic E-state index is 13.1. The lowest BCUT2D eigenvalue weighted by molar-refractivity contribution is -0.0275. The Morgan fingerprint density at radius 1 is 1.50 bits per heavy atom.